The van der Waals surface area contributed by atoms with Crippen LogP contribution in [0.1, 0.15) is 30.6 Å². The fourth-order valence-electron chi connectivity index (χ4n) is 2.46. The molecule has 1 unspecified atom stereocenters. The fraction of sp³-hybridized carbons (Fsp3) is 0.538. The smallest absolute Gasteiger partial charge is 0.337 e. The summed E-state index contributed by atoms with van der Waals surface area (Å²) in [6.07, 6.45) is 2.14. The van der Waals surface area contributed by atoms with Crippen molar-refractivity contribution in [2.24, 2.45) is 11.8 Å². The average Bonchev–Trinajstić information content (AvgIpc) is 2.87. The number of aromatic nitrogens is 1. The number of aromatic carboxylic acids is 1. The lowest BCUT2D eigenvalue weighted by atomic mass is 9.95. The number of hydrogen-bond donors (Lipinski definition) is 1. The lowest BCUT2D eigenvalue weighted by Crippen LogP contribution is -2.23. The highest BCUT2D eigenvalue weighted by atomic mass is 16.6. The molecule has 0 spiro atoms. The molecule has 2 rings (SSSR count). The Labute approximate surface area is 116 Å². The Morgan fingerprint density at radius 3 is 2.80 bits per heavy atom. The molecule has 0 saturated carbocycles. The summed E-state index contributed by atoms with van der Waals surface area (Å²) < 4.78 is 0. The van der Waals surface area contributed by atoms with Crippen molar-refractivity contribution >= 4 is 17.5 Å². The van der Waals surface area contributed by atoms with Crippen LogP contribution in [0.3, 0.4) is 0 Å². The molecule has 1 fully saturated rings. The molecular formula is C13H17N3O4. The number of carbonyl (C=O) groups is 1. The summed E-state index contributed by atoms with van der Waals surface area (Å²) in [6, 6.07) is 1.08. The molecule has 0 aromatic carbocycles. The van der Waals surface area contributed by atoms with Gasteiger partial charge in [0.25, 0.3) is 0 Å². The van der Waals surface area contributed by atoms with E-state index in [-0.39, 0.29) is 17.1 Å². The maximum Gasteiger partial charge on any atom is 0.337 e. The fourth-order valence-corrected chi connectivity index (χ4v) is 2.46. The third-order valence-corrected chi connectivity index (χ3v) is 3.76. The summed E-state index contributed by atoms with van der Waals surface area (Å²) in [7, 11) is 0. The Bertz CT molecular complexity index is 544. The number of nitro groups is 1. The molecule has 0 amide bonds. The van der Waals surface area contributed by atoms with Crippen LogP contribution in [0.15, 0.2) is 12.3 Å². The molecule has 1 atom stereocenters. The Hall–Kier alpha value is -2.18. The first-order valence-corrected chi connectivity index (χ1v) is 6.52. The van der Waals surface area contributed by atoms with Gasteiger partial charge in [-0.3, -0.25) is 10.1 Å². The van der Waals surface area contributed by atoms with Gasteiger partial charge in [-0.25, -0.2) is 9.78 Å². The Morgan fingerprint density at radius 2 is 2.30 bits per heavy atom. The quantitative estimate of drug-likeness (QED) is 0.670. The third-order valence-electron chi connectivity index (χ3n) is 3.76. The molecule has 1 aromatic heterocycles. The highest BCUT2D eigenvalue weighted by molar-refractivity contribution is 5.88. The maximum atomic E-state index is 11.1. The number of hydrogen-bond acceptors (Lipinski definition) is 5. The number of carboxylic acids is 1. The molecule has 0 radical (unpaired) electrons. The van der Waals surface area contributed by atoms with Gasteiger partial charge in [0.2, 0.25) is 5.82 Å². The standard InChI is InChI=1S/C13H17N3O4/c1-8(2)9-3-4-15(7-9)12-11(16(19)20)5-10(6-14-12)13(17)18/h5-6,8-9H,3-4,7H2,1-2H3,(H,17,18). The summed E-state index contributed by atoms with van der Waals surface area (Å²) >= 11 is 0. The van der Waals surface area contributed by atoms with E-state index in [9.17, 15) is 14.9 Å². The Kier molecular flexibility index (Phi) is 3.87. The molecule has 0 bridgehead atoms. The summed E-state index contributed by atoms with van der Waals surface area (Å²) in [5, 5.41) is 20.0. The second-order valence-corrected chi connectivity index (χ2v) is 5.37. The molecule has 1 N–H and O–H groups in total. The summed E-state index contributed by atoms with van der Waals surface area (Å²) in [6.45, 7) is 5.69. The monoisotopic (exact) mass is 279 g/mol. The van der Waals surface area contributed by atoms with Gasteiger partial charge in [0.15, 0.2) is 0 Å². The minimum atomic E-state index is -1.21. The Balaban J connectivity index is 2.32. The summed E-state index contributed by atoms with van der Waals surface area (Å²) in [4.78, 5) is 27.3. The third kappa shape index (κ3) is 2.71. The van der Waals surface area contributed by atoms with Gasteiger partial charge in [-0.05, 0) is 18.3 Å². The molecule has 20 heavy (non-hydrogen) atoms. The van der Waals surface area contributed by atoms with Gasteiger partial charge in [0.1, 0.15) is 0 Å². The maximum absolute atomic E-state index is 11.1. The lowest BCUT2D eigenvalue weighted by Gasteiger charge is -2.18. The molecule has 1 aliphatic rings. The SMILES string of the molecule is CC(C)C1CCN(c2ncc(C(=O)O)cc2[N+](=O)[O-])C1. The highest BCUT2D eigenvalue weighted by Crippen LogP contribution is 2.32. The molecule has 1 aliphatic heterocycles. The first-order valence-electron chi connectivity index (χ1n) is 6.52. The van der Waals surface area contributed by atoms with Gasteiger partial charge in [0.05, 0.1) is 10.5 Å². The molecule has 1 saturated heterocycles. The predicted molar refractivity (Wildman–Crippen MR) is 73.0 cm³/mol. The van der Waals surface area contributed by atoms with E-state index in [4.69, 9.17) is 5.11 Å². The van der Waals surface area contributed by atoms with E-state index in [1.54, 1.807) is 0 Å². The summed E-state index contributed by atoms with van der Waals surface area (Å²) in [5.41, 5.74) is -0.408. The van der Waals surface area contributed by atoms with E-state index in [1.165, 1.54) is 6.20 Å². The van der Waals surface area contributed by atoms with Crippen LogP contribution >= 0.6 is 0 Å². The van der Waals surface area contributed by atoms with Gasteiger partial charge >= 0.3 is 11.7 Å². The first-order chi connectivity index (χ1) is 9.40. The molecule has 7 heteroatoms. The van der Waals surface area contributed by atoms with Gasteiger partial charge in [-0.15, -0.1) is 0 Å². The number of carboxylic acid groups (broad SMARTS) is 1. The van der Waals surface area contributed by atoms with Gasteiger partial charge < -0.3 is 10.0 Å². The zero-order chi connectivity index (χ0) is 14.9. The molecule has 108 valence electrons. The Morgan fingerprint density at radius 1 is 1.60 bits per heavy atom. The molecule has 0 aliphatic carbocycles. The molecular weight excluding hydrogens is 262 g/mol. The molecule has 7 nitrogen and oxygen atoms in total. The normalized spacial score (nSPS) is 18.6. The van der Waals surface area contributed by atoms with Crippen LogP contribution < -0.4 is 4.90 Å². The lowest BCUT2D eigenvalue weighted by molar-refractivity contribution is -0.384. The zero-order valence-electron chi connectivity index (χ0n) is 11.4. The number of nitrogens with zero attached hydrogens (tertiary/aromatic N) is 3. The molecule has 2 heterocycles. The number of anilines is 1. The van der Waals surface area contributed by atoms with E-state index in [2.05, 4.69) is 18.8 Å². The number of rotatable bonds is 4. The van der Waals surface area contributed by atoms with E-state index >= 15 is 0 Å². The highest BCUT2D eigenvalue weighted by Gasteiger charge is 2.30. The van der Waals surface area contributed by atoms with Crippen molar-refractivity contribution in [3.8, 4) is 0 Å². The van der Waals surface area contributed by atoms with Crippen molar-refractivity contribution in [2.45, 2.75) is 20.3 Å². The van der Waals surface area contributed by atoms with Crippen LogP contribution in [0.5, 0.6) is 0 Å². The first kappa shape index (κ1) is 14.2. The minimum absolute atomic E-state index is 0.167. The van der Waals surface area contributed by atoms with Crippen molar-refractivity contribution in [2.75, 3.05) is 18.0 Å². The average molecular weight is 279 g/mol. The van der Waals surface area contributed by atoms with E-state index in [0.29, 0.717) is 18.4 Å². The van der Waals surface area contributed by atoms with Gasteiger partial charge in [-0.1, -0.05) is 13.8 Å². The zero-order valence-corrected chi connectivity index (χ0v) is 11.4. The van der Waals surface area contributed by atoms with Crippen LogP contribution in [0.4, 0.5) is 11.5 Å². The van der Waals surface area contributed by atoms with E-state index in [0.717, 1.165) is 19.0 Å². The minimum Gasteiger partial charge on any atom is -0.478 e. The van der Waals surface area contributed by atoms with Crippen molar-refractivity contribution < 1.29 is 14.8 Å². The van der Waals surface area contributed by atoms with Crippen LogP contribution in [0.2, 0.25) is 0 Å². The topological polar surface area (TPSA) is 96.6 Å². The van der Waals surface area contributed by atoms with Crippen molar-refractivity contribution in [1.29, 1.82) is 0 Å². The van der Waals surface area contributed by atoms with E-state index < -0.39 is 10.9 Å². The second kappa shape index (κ2) is 5.44. The van der Waals surface area contributed by atoms with Crippen molar-refractivity contribution in [3.05, 3.63) is 27.9 Å². The van der Waals surface area contributed by atoms with E-state index in [1.807, 2.05) is 4.90 Å². The number of pyridine rings is 1. The van der Waals surface area contributed by atoms with Crippen molar-refractivity contribution in [1.82, 2.24) is 4.98 Å². The van der Waals surface area contributed by atoms with Gasteiger partial charge in [-0.2, -0.15) is 0 Å². The largest absolute Gasteiger partial charge is 0.478 e. The second-order valence-electron chi connectivity index (χ2n) is 5.37. The van der Waals surface area contributed by atoms with Crippen LogP contribution in [-0.2, 0) is 0 Å². The van der Waals surface area contributed by atoms with Crippen LogP contribution in [0, 0.1) is 22.0 Å². The molecule has 1 aromatic rings. The van der Waals surface area contributed by atoms with Crippen LogP contribution in [-0.4, -0.2) is 34.1 Å². The van der Waals surface area contributed by atoms with Gasteiger partial charge in [0, 0.05) is 25.4 Å². The van der Waals surface area contributed by atoms with Crippen LogP contribution in [0.25, 0.3) is 0 Å². The van der Waals surface area contributed by atoms with Crippen molar-refractivity contribution in [3.63, 3.8) is 0 Å². The predicted octanol–water partition coefficient (Wildman–Crippen LogP) is 2.17. The summed E-state index contributed by atoms with van der Waals surface area (Å²) in [5.74, 6) is 0.0460.